The number of nitrogens with zero attached hydrogens (tertiary/aromatic N) is 1. The van der Waals surface area contributed by atoms with E-state index in [-0.39, 0.29) is 5.54 Å². The van der Waals surface area contributed by atoms with Crippen LogP contribution in [0.4, 0.5) is 0 Å². The van der Waals surface area contributed by atoms with E-state index >= 15 is 0 Å². The molecule has 0 radical (unpaired) electrons. The third-order valence-electron chi connectivity index (χ3n) is 3.89. The van der Waals surface area contributed by atoms with E-state index in [4.69, 9.17) is 0 Å². The van der Waals surface area contributed by atoms with Crippen molar-refractivity contribution in [3.8, 4) is 0 Å². The molecule has 1 aliphatic carbocycles. The van der Waals surface area contributed by atoms with Crippen LogP contribution in [0.1, 0.15) is 58.1 Å². The molecule has 1 fully saturated rings. The van der Waals surface area contributed by atoms with Crippen molar-refractivity contribution in [2.24, 2.45) is 0 Å². The van der Waals surface area contributed by atoms with Crippen LogP contribution in [0, 0.1) is 0 Å². The van der Waals surface area contributed by atoms with E-state index < -0.39 is 0 Å². The highest BCUT2D eigenvalue weighted by Crippen LogP contribution is 2.30. The van der Waals surface area contributed by atoms with Gasteiger partial charge in [-0.05, 0) is 63.8 Å². The average Bonchev–Trinajstić information content (AvgIpc) is 3.22. The topological polar surface area (TPSA) is 15.3 Å². The first kappa shape index (κ1) is 17.0. The standard InChI is InChI=1S/C18H29BrN2/c1-5-10-21(16-8-9-16)13-15-7-6-14(11-17(15)19)12-20-18(2,3)4/h6-7,11,16,20H,5,8-10,12-13H2,1-4H3. The Morgan fingerprint density at radius 2 is 2.00 bits per heavy atom. The summed E-state index contributed by atoms with van der Waals surface area (Å²) < 4.78 is 1.25. The van der Waals surface area contributed by atoms with Gasteiger partial charge in [0.05, 0.1) is 0 Å². The maximum atomic E-state index is 3.76. The number of hydrogen-bond acceptors (Lipinski definition) is 2. The molecule has 0 aromatic heterocycles. The molecular formula is C18H29BrN2. The van der Waals surface area contributed by atoms with E-state index in [9.17, 15) is 0 Å². The molecule has 0 saturated heterocycles. The number of benzene rings is 1. The molecule has 0 unspecified atom stereocenters. The minimum atomic E-state index is 0.162. The minimum absolute atomic E-state index is 0.162. The summed E-state index contributed by atoms with van der Waals surface area (Å²) in [5.41, 5.74) is 2.92. The molecule has 21 heavy (non-hydrogen) atoms. The van der Waals surface area contributed by atoms with Crippen molar-refractivity contribution in [1.82, 2.24) is 10.2 Å². The predicted octanol–water partition coefficient (Wildman–Crippen LogP) is 4.71. The lowest BCUT2D eigenvalue weighted by molar-refractivity contribution is 0.255. The first-order valence-corrected chi connectivity index (χ1v) is 8.94. The summed E-state index contributed by atoms with van der Waals surface area (Å²) in [4.78, 5) is 2.63. The van der Waals surface area contributed by atoms with Crippen molar-refractivity contribution in [2.45, 2.75) is 71.6 Å². The summed E-state index contributed by atoms with van der Waals surface area (Å²) in [7, 11) is 0. The van der Waals surface area contributed by atoms with Gasteiger partial charge in [-0.2, -0.15) is 0 Å². The summed E-state index contributed by atoms with van der Waals surface area (Å²) in [6.07, 6.45) is 4.00. The Hall–Kier alpha value is -0.380. The zero-order valence-corrected chi connectivity index (χ0v) is 15.5. The van der Waals surface area contributed by atoms with Gasteiger partial charge >= 0.3 is 0 Å². The van der Waals surface area contributed by atoms with Gasteiger partial charge in [0.25, 0.3) is 0 Å². The largest absolute Gasteiger partial charge is 0.308 e. The molecule has 1 aromatic carbocycles. The molecule has 1 aliphatic rings. The fourth-order valence-electron chi connectivity index (χ4n) is 2.53. The second-order valence-corrected chi connectivity index (χ2v) is 8.09. The van der Waals surface area contributed by atoms with Gasteiger partial charge in [0.1, 0.15) is 0 Å². The van der Waals surface area contributed by atoms with Crippen molar-refractivity contribution in [3.63, 3.8) is 0 Å². The zero-order chi connectivity index (χ0) is 15.5. The summed E-state index contributed by atoms with van der Waals surface area (Å²) in [5.74, 6) is 0. The van der Waals surface area contributed by atoms with Crippen LogP contribution in [0.15, 0.2) is 22.7 Å². The molecule has 0 bridgehead atoms. The Labute approximate surface area is 138 Å². The molecular weight excluding hydrogens is 324 g/mol. The highest BCUT2D eigenvalue weighted by molar-refractivity contribution is 9.10. The van der Waals surface area contributed by atoms with Crippen molar-refractivity contribution >= 4 is 15.9 Å². The van der Waals surface area contributed by atoms with Crippen LogP contribution in [-0.2, 0) is 13.1 Å². The van der Waals surface area contributed by atoms with Crippen molar-refractivity contribution in [1.29, 1.82) is 0 Å². The van der Waals surface area contributed by atoms with E-state index in [1.54, 1.807) is 0 Å². The van der Waals surface area contributed by atoms with Crippen LogP contribution in [0.3, 0.4) is 0 Å². The van der Waals surface area contributed by atoms with Gasteiger partial charge in [0.15, 0.2) is 0 Å². The quantitative estimate of drug-likeness (QED) is 0.764. The highest BCUT2D eigenvalue weighted by atomic mass is 79.9. The maximum absolute atomic E-state index is 3.76. The minimum Gasteiger partial charge on any atom is -0.308 e. The molecule has 0 aliphatic heterocycles. The normalized spacial score (nSPS) is 15.7. The predicted molar refractivity (Wildman–Crippen MR) is 94.5 cm³/mol. The van der Waals surface area contributed by atoms with E-state index in [1.165, 1.54) is 41.4 Å². The number of halogens is 1. The highest BCUT2D eigenvalue weighted by Gasteiger charge is 2.28. The Morgan fingerprint density at radius 3 is 2.52 bits per heavy atom. The molecule has 0 amide bonds. The Bertz CT molecular complexity index is 461. The average molecular weight is 353 g/mol. The van der Waals surface area contributed by atoms with Gasteiger partial charge in [-0.3, -0.25) is 4.90 Å². The lowest BCUT2D eigenvalue weighted by Gasteiger charge is -2.23. The monoisotopic (exact) mass is 352 g/mol. The van der Waals surface area contributed by atoms with Crippen molar-refractivity contribution < 1.29 is 0 Å². The van der Waals surface area contributed by atoms with Gasteiger partial charge in [-0.15, -0.1) is 0 Å². The molecule has 3 heteroatoms. The van der Waals surface area contributed by atoms with Crippen LogP contribution in [0.25, 0.3) is 0 Å². The molecule has 1 aromatic rings. The first-order valence-electron chi connectivity index (χ1n) is 8.15. The molecule has 2 nitrogen and oxygen atoms in total. The second-order valence-electron chi connectivity index (χ2n) is 7.23. The van der Waals surface area contributed by atoms with Gasteiger partial charge in [-0.25, -0.2) is 0 Å². The Balaban J connectivity index is 1.98. The first-order chi connectivity index (χ1) is 9.89. The Kier molecular flexibility index (Phi) is 5.87. The molecule has 0 spiro atoms. The van der Waals surface area contributed by atoms with E-state index in [0.29, 0.717) is 0 Å². The van der Waals surface area contributed by atoms with Crippen molar-refractivity contribution in [3.05, 3.63) is 33.8 Å². The fraction of sp³-hybridized carbons (Fsp3) is 0.667. The summed E-state index contributed by atoms with van der Waals surface area (Å²) in [6, 6.07) is 7.65. The zero-order valence-electron chi connectivity index (χ0n) is 13.9. The molecule has 118 valence electrons. The van der Waals surface area contributed by atoms with E-state index in [1.807, 2.05) is 0 Å². The third-order valence-corrected chi connectivity index (χ3v) is 4.63. The van der Waals surface area contributed by atoms with Gasteiger partial charge in [0.2, 0.25) is 0 Å². The van der Waals surface area contributed by atoms with Crippen LogP contribution in [0.2, 0.25) is 0 Å². The van der Waals surface area contributed by atoms with Gasteiger partial charge < -0.3 is 5.32 Å². The maximum Gasteiger partial charge on any atom is 0.0247 e. The van der Waals surface area contributed by atoms with E-state index in [0.717, 1.165) is 19.1 Å². The number of nitrogens with one attached hydrogen (secondary N) is 1. The van der Waals surface area contributed by atoms with Crippen LogP contribution < -0.4 is 5.32 Å². The van der Waals surface area contributed by atoms with E-state index in [2.05, 4.69) is 72.0 Å². The number of hydrogen-bond donors (Lipinski definition) is 1. The SMILES string of the molecule is CCCN(Cc1ccc(CNC(C)(C)C)cc1Br)C1CC1. The fourth-order valence-corrected chi connectivity index (χ4v) is 3.08. The summed E-state index contributed by atoms with van der Waals surface area (Å²) in [6.45, 7) is 12.1. The molecule has 0 atom stereocenters. The summed E-state index contributed by atoms with van der Waals surface area (Å²) >= 11 is 3.76. The molecule has 2 rings (SSSR count). The molecule has 1 N–H and O–H groups in total. The van der Waals surface area contributed by atoms with Crippen LogP contribution >= 0.6 is 15.9 Å². The second kappa shape index (κ2) is 7.26. The lowest BCUT2D eigenvalue weighted by Crippen LogP contribution is -2.35. The Morgan fingerprint density at radius 1 is 1.29 bits per heavy atom. The summed E-state index contributed by atoms with van der Waals surface area (Å²) in [5, 5.41) is 3.54. The lowest BCUT2D eigenvalue weighted by atomic mass is 10.1. The van der Waals surface area contributed by atoms with Crippen molar-refractivity contribution in [2.75, 3.05) is 6.54 Å². The smallest absolute Gasteiger partial charge is 0.0247 e. The molecule has 1 saturated carbocycles. The third kappa shape index (κ3) is 5.72. The van der Waals surface area contributed by atoms with Crippen LogP contribution in [0.5, 0.6) is 0 Å². The van der Waals surface area contributed by atoms with Gasteiger partial charge in [0, 0.05) is 29.1 Å². The number of rotatable bonds is 7. The van der Waals surface area contributed by atoms with Crippen LogP contribution in [-0.4, -0.2) is 23.0 Å². The molecule has 0 heterocycles. The van der Waals surface area contributed by atoms with Gasteiger partial charge in [-0.1, -0.05) is 35.0 Å².